The van der Waals surface area contributed by atoms with Crippen molar-refractivity contribution < 1.29 is 0 Å². The molecule has 1 heteroatoms. The second-order valence-corrected chi connectivity index (χ2v) is 7.37. The predicted molar refractivity (Wildman–Crippen MR) is 89.2 cm³/mol. The van der Waals surface area contributed by atoms with Gasteiger partial charge in [-0.25, -0.2) is 0 Å². The summed E-state index contributed by atoms with van der Waals surface area (Å²) in [4.78, 5) is 2.81. The van der Waals surface area contributed by atoms with Gasteiger partial charge in [0, 0.05) is 12.1 Å². The molecular weight excluding hydrogens is 242 g/mol. The quantitative estimate of drug-likeness (QED) is 0.606. The third-order valence-corrected chi connectivity index (χ3v) is 5.80. The first-order valence-electron chi connectivity index (χ1n) is 9.60. The molecule has 0 amide bonds. The van der Waals surface area contributed by atoms with E-state index in [1.807, 2.05) is 0 Å². The van der Waals surface area contributed by atoms with E-state index >= 15 is 0 Å². The van der Waals surface area contributed by atoms with Gasteiger partial charge in [0.1, 0.15) is 0 Å². The zero-order chi connectivity index (χ0) is 14.0. The van der Waals surface area contributed by atoms with Gasteiger partial charge in [-0.15, -0.1) is 0 Å². The van der Waals surface area contributed by atoms with E-state index in [0.717, 1.165) is 12.1 Å². The lowest BCUT2D eigenvalue weighted by Gasteiger charge is -2.37. The zero-order valence-electron chi connectivity index (χ0n) is 13.9. The lowest BCUT2D eigenvalue weighted by molar-refractivity contribution is 0.127. The van der Waals surface area contributed by atoms with Gasteiger partial charge in [-0.1, -0.05) is 77.0 Å². The lowest BCUT2D eigenvalue weighted by Crippen LogP contribution is -2.40. The summed E-state index contributed by atoms with van der Waals surface area (Å²) in [5, 5.41) is 0. The zero-order valence-corrected chi connectivity index (χ0v) is 13.9. The molecule has 1 nitrogen and oxygen atoms in total. The van der Waals surface area contributed by atoms with Crippen LogP contribution in [0.3, 0.4) is 0 Å². The van der Waals surface area contributed by atoms with Crippen LogP contribution in [0.2, 0.25) is 0 Å². The lowest BCUT2D eigenvalue weighted by atomic mass is 9.92. The molecule has 0 N–H and O–H groups in total. The van der Waals surface area contributed by atoms with Crippen LogP contribution in [-0.4, -0.2) is 24.0 Å². The highest BCUT2D eigenvalue weighted by Crippen LogP contribution is 2.26. The minimum absolute atomic E-state index is 0.887. The van der Waals surface area contributed by atoms with E-state index in [-0.39, 0.29) is 0 Å². The van der Waals surface area contributed by atoms with Crippen LogP contribution < -0.4 is 0 Å². The van der Waals surface area contributed by atoms with Crippen LogP contribution >= 0.6 is 0 Å². The maximum atomic E-state index is 2.81. The minimum atomic E-state index is 0.887. The summed E-state index contributed by atoms with van der Waals surface area (Å²) in [6.07, 6.45) is 23.6. The Hall–Kier alpha value is -0.0400. The average molecular weight is 280 g/mol. The van der Waals surface area contributed by atoms with Crippen LogP contribution in [-0.2, 0) is 0 Å². The molecule has 0 radical (unpaired) electrons. The largest absolute Gasteiger partial charge is 0.300 e. The van der Waals surface area contributed by atoms with Crippen molar-refractivity contribution in [1.82, 2.24) is 4.90 Å². The van der Waals surface area contributed by atoms with Gasteiger partial charge in [0.25, 0.3) is 0 Å². The van der Waals surface area contributed by atoms with Crippen LogP contribution in [0.15, 0.2) is 0 Å². The van der Waals surface area contributed by atoms with Gasteiger partial charge >= 0.3 is 0 Å². The first kappa shape index (κ1) is 16.3. The fourth-order valence-electron chi connectivity index (χ4n) is 4.34. The van der Waals surface area contributed by atoms with Crippen molar-refractivity contribution in [1.29, 1.82) is 0 Å². The molecule has 2 fully saturated rings. The smallest absolute Gasteiger partial charge is 0.00951 e. The van der Waals surface area contributed by atoms with Gasteiger partial charge in [0.2, 0.25) is 0 Å². The molecule has 0 aliphatic heterocycles. The fourth-order valence-corrected chi connectivity index (χ4v) is 4.34. The number of rotatable bonds is 2. The highest BCUT2D eigenvalue weighted by atomic mass is 15.2. The van der Waals surface area contributed by atoms with E-state index in [2.05, 4.69) is 11.9 Å². The highest BCUT2D eigenvalue weighted by molar-refractivity contribution is 4.78. The summed E-state index contributed by atoms with van der Waals surface area (Å²) in [5.41, 5.74) is 0. The number of hydrogen-bond donors (Lipinski definition) is 0. The van der Waals surface area contributed by atoms with Crippen molar-refractivity contribution in [2.45, 2.75) is 115 Å². The van der Waals surface area contributed by atoms with Gasteiger partial charge in [0.05, 0.1) is 0 Å². The Morgan fingerprint density at radius 2 is 0.700 bits per heavy atom. The van der Waals surface area contributed by atoms with E-state index in [1.165, 1.54) is 103 Å². The van der Waals surface area contributed by atoms with E-state index in [9.17, 15) is 0 Å². The van der Waals surface area contributed by atoms with Crippen molar-refractivity contribution >= 4 is 0 Å². The molecule has 0 aromatic carbocycles. The van der Waals surface area contributed by atoms with Crippen molar-refractivity contribution in [3.8, 4) is 0 Å². The Morgan fingerprint density at radius 1 is 0.450 bits per heavy atom. The Balaban J connectivity index is 1.83. The maximum absolute atomic E-state index is 2.81. The first-order chi connectivity index (χ1) is 9.88. The van der Waals surface area contributed by atoms with Gasteiger partial charge in [0.15, 0.2) is 0 Å². The van der Waals surface area contributed by atoms with E-state index in [1.54, 1.807) is 0 Å². The van der Waals surface area contributed by atoms with E-state index in [0.29, 0.717) is 0 Å². The van der Waals surface area contributed by atoms with E-state index < -0.39 is 0 Å². The topological polar surface area (TPSA) is 3.24 Å². The van der Waals surface area contributed by atoms with Crippen LogP contribution in [0, 0.1) is 0 Å². The molecule has 0 heterocycles. The molecule has 2 aliphatic carbocycles. The summed E-state index contributed by atoms with van der Waals surface area (Å²) in [5.74, 6) is 0. The summed E-state index contributed by atoms with van der Waals surface area (Å²) < 4.78 is 0. The summed E-state index contributed by atoms with van der Waals surface area (Å²) in [7, 11) is 2.45. The molecule has 0 bridgehead atoms. The van der Waals surface area contributed by atoms with Crippen molar-refractivity contribution in [2.75, 3.05) is 7.05 Å². The van der Waals surface area contributed by atoms with E-state index in [4.69, 9.17) is 0 Å². The molecule has 0 aromatic rings. The van der Waals surface area contributed by atoms with Crippen molar-refractivity contribution in [2.24, 2.45) is 0 Å². The number of hydrogen-bond acceptors (Lipinski definition) is 1. The van der Waals surface area contributed by atoms with Crippen LogP contribution in [0.4, 0.5) is 0 Å². The second-order valence-electron chi connectivity index (χ2n) is 7.37. The minimum Gasteiger partial charge on any atom is -0.300 e. The third kappa shape index (κ3) is 5.76. The van der Waals surface area contributed by atoms with Gasteiger partial charge in [-0.3, -0.25) is 0 Å². The van der Waals surface area contributed by atoms with Crippen LogP contribution in [0.25, 0.3) is 0 Å². The monoisotopic (exact) mass is 279 g/mol. The second kappa shape index (κ2) is 9.82. The van der Waals surface area contributed by atoms with Crippen LogP contribution in [0.5, 0.6) is 0 Å². The van der Waals surface area contributed by atoms with Crippen LogP contribution in [0.1, 0.15) is 103 Å². The summed E-state index contributed by atoms with van der Waals surface area (Å²) in [6.45, 7) is 0. The molecule has 2 rings (SSSR count). The molecular formula is C19H37N. The molecule has 2 saturated carbocycles. The number of nitrogens with zero attached hydrogens (tertiary/aromatic N) is 1. The molecule has 0 aromatic heterocycles. The molecule has 2 aliphatic rings. The van der Waals surface area contributed by atoms with Gasteiger partial charge in [-0.2, -0.15) is 0 Å². The molecule has 0 atom stereocenters. The molecule has 0 spiro atoms. The van der Waals surface area contributed by atoms with Crippen molar-refractivity contribution in [3.05, 3.63) is 0 Å². The first-order valence-corrected chi connectivity index (χ1v) is 9.60. The SMILES string of the molecule is CN(C1CCCCCCCCC1)C1CCCCCCC1. The Morgan fingerprint density at radius 3 is 1.00 bits per heavy atom. The molecule has 118 valence electrons. The highest BCUT2D eigenvalue weighted by Gasteiger charge is 2.23. The Bertz CT molecular complexity index is 220. The molecule has 20 heavy (non-hydrogen) atoms. The fraction of sp³-hybridized carbons (Fsp3) is 1.00. The van der Waals surface area contributed by atoms with Gasteiger partial charge in [-0.05, 0) is 32.7 Å². The Labute approximate surface area is 127 Å². The summed E-state index contributed by atoms with van der Waals surface area (Å²) in [6, 6.07) is 1.78. The standard InChI is InChI=1S/C19H37N/c1-20(19-16-12-8-5-9-13-17-19)18-14-10-6-3-2-4-7-11-15-18/h18-19H,2-17H2,1H3. The molecule has 0 saturated heterocycles. The third-order valence-electron chi connectivity index (χ3n) is 5.80. The van der Waals surface area contributed by atoms with Crippen molar-refractivity contribution in [3.63, 3.8) is 0 Å². The average Bonchev–Trinajstić information content (AvgIpc) is 2.44. The normalized spacial score (nSPS) is 26.1. The summed E-state index contributed by atoms with van der Waals surface area (Å²) >= 11 is 0. The molecule has 0 unspecified atom stereocenters. The van der Waals surface area contributed by atoms with Gasteiger partial charge < -0.3 is 4.90 Å². The Kier molecular flexibility index (Phi) is 8.02. The maximum Gasteiger partial charge on any atom is 0.00951 e. The predicted octanol–water partition coefficient (Wildman–Crippen LogP) is 5.92.